The third-order valence-corrected chi connectivity index (χ3v) is 5.54. The molecule has 6 heteroatoms. The fourth-order valence-corrected chi connectivity index (χ4v) is 4.46. The van der Waals surface area contributed by atoms with Gasteiger partial charge >= 0.3 is 6.03 Å². The summed E-state index contributed by atoms with van der Waals surface area (Å²) in [6, 6.07) is 14.9. The molecule has 4 rings (SSSR count). The third-order valence-electron chi connectivity index (χ3n) is 4.40. The van der Waals surface area contributed by atoms with Crippen molar-refractivity contribution in [1.82, 2.24) is 10.6 Å². The SMILES string of the molecule is O=C1NC(=O)C(C2c3ccccc3CSc3ccccc32)C(=O)N1. The minimum Gasteiger partial charge on any atom is -0.277 e. The predicted octanol–water partition coefficient (Wildman–Crippen LogP) is 2.41. The minimum atomic E-state index is -0.969. The van der Waals surface area contributed by atoms with Crippen LogP contribution >= 0.6 is 11.8 Å². The molecule has 0 spiro atoms. The van der Waals surface area contributed by atoms with Gasteiger partial charge in [0.05, 0.1) is 0 Å². The summed E-state index contributed by atoms with van der Waals surface area (Å²) in [6.45, 7) is 0. The van der Waals surface area contributed by atoms with Crippen molar-refractivity contribution in [1.29, 1.82) is 0 Å². The van der Waals surface area contributed by atoms with Crippen LogP contribution in [-0.2, 0) is 15.3 Å². The molecule has 2 aliphatic heterocycles. The zero-order chi connectivity index (χ0) is 16.7. The van der Waals surface area contributed by atoms with E-state index in [1.54, 1.807) is 11.8 Å². The summed E-state index contributed by atoms with van der Waals surface area (Å²) < 4.78 is 0. The molecule has 0 aliphatic carbocycles. The maximum atomic E-state index is 12.4. The van der Waals surface area contributed by atoms with Crippen LogP contribution in [0, 0.1) is 5.92 Å². The second-order valence-electron chi connectivity index (χ2n) is 5.79. The van der Waals surface area contributed by atoms with Gasteiger partial charge in [-0.15, -0.1) is 11.8 Å². The molecule has 1 unspecified atom stereocenters. The van der Waals surface area contributed by atoms with Crippen LogP contribution in [0.2, 0.25) is 0 Å². The fraction of sp³-hybridized carbons (Fsp3) is 0.167. The van der Waals surface area contributed by atoms with E-state index in [-0.39, 0.29) is 0 Å². The van der Waals surface area contributed by atoms with E-state index in [4.69, 9.17) is 0 Å². The fourth-order valence-electron chi connectivity index (χ4n) is 3.35. The van der Waals surface area contributed by atoms with Crippen molar-refractivity contribution in [3.05, 3.63) is 65.2 Å². The number of thioether (sulfide) groups is 1. The van der Waals surface area contributed by atoms with Crippen LogP contribution in [-0.4, -0.2) is 17.8 Å². The molecule has 1 saturated heterocycles. The van der Waals surface area contributed by atoms with Gasteiger partial charge in [0.25, 0.3) is 0 Å². The molecular formula is C18H14N2O3S. The van der Waals surface area contributed by atoms with E-state index < -0.39 is 29.7 Å². The molecule has 0 bridgehead atoms. The number of fused-ring (bicyclic) bond motifs is 2. The lowest BCUT2D eigenvalue weighted by Crippen LogP contribution is -2.57. The molecule has 5 nitrogen and oxygen atoms in total. The highest BCUT2D eigenvalue weighted by atomic mass is 32.2. The molecule has 4 amide bonds. The van der Waals surface area contributed by atoms with Crippen LogP contribution in [0.4, 0.5) is 4.79 Å². The van der Waals surface area contributed by atoms with Crippen molar-refractivity contribution in [2.24, 2.45) is 5.92 Å². The number of benzene rings is 2. The highest BCUT2D eigenvalue weighted by Crippen LogP contribution is 2.44. The molecule has 120 valence electrons. The summed E-state index contributed by atoms with van der Waals surface area (Å²) in [5.74, 6) is -1.71. The standard InChI is InChI=1S/C18H14N2O3S/c21-16-15(17(22)20-18(23)19-16)14-11-6-2-1-5-10(11)9-24-13-8-4-3-7-12(13)14/h1-8,14-15H,9H2,(H2,19,20,21,22,23). The number of nitrogens with one attached hydrogen (secondary N) is 2. The van der Waals surface area contributed by atoms with Crippen LogP contribution in [0.25, 0.3) is 0 Å². The third kappa shape index (κ3) is 2.39. The summed E-state index contributed by atoms with van der Waals surface area (Å²) in [5.41, 5.74) is 3.00. The van der Waals surface area contributed by atoms with Gasteiger partial charge in [0.1, 0.15) is 5.92 Å². The molecule has 1 atom stereocenters. The lowest BCUT2D eigenvalue weighted by atomic mass is 9.77. The number of imide groups is 2. The summed E-state index contributed by atoms with van der Waals surface area (Å²) in [6.07, 6.45) is 0. The Morgan fingerprint density at radius 3 is 2.17 bits per heavy atom. The first-order chi connectivity index (χ1) is 11.6. The Labute approximate surface area is 142 Å². The van der Waals surface area contributed by atoms with Gasteiger partial charge in [0.2, 0.25) is 11.8 Å². The Morgan fingerprint density at radius 1 is 0.792 bits per heavy atom. The summed E-state index contributed by atoms with van der Waals surface area (Å²) in [4.78, 5) is 37.3. The second-order valence-corrected chi connectivity index (χ2v) is 6.81. The molecule has 2 aromatic rings. The van der Waals surface area contributed by atoms with Gasteiger partial charge in [0.15, 0.2) is 0 Å². The van der Waals surface area contributed by atoms with Crippen LogP contribution in [0.1, 0.15) is 22.6 Å². The number of urea groups is 1. The van der Waals surface area contributed by atoms with Crippen LogP contribution in [0.5, 0.6) is 0 Å². The van der Waals surface area contributed by atoms with Crippen LogP contribution < -0.4 is 10.6 Å². The van der Waals surface area contributed by atoms with E-state index in [9.17, 15) is 14.4 Å². The number of hydrogen-bond acceptors (Lipinski definition) is 4. The molecule has 2 N–H and O–H groups in total. The summed E-state index contributed by atoms with van der Waals surface area (Å²) >= 11 is 1.69. The number of rotatable bonds is 1. The summed E-state index contributed by atoms with van der Waals surface area (Å²) in [5, 5.41) is 4.44. The molecule has 24 heavy (non-hydrogen) atoms. The first kappa shape index (κ1) is 15.0. The Balaban J connectivity index is 1.91. The van der Waals surface area contributed by atoms with Crippen molar-refractivity contribution in [3.8, 4) is 0 Å². The topological polar surface area (TPSA) is 75.3 Å². The van der Waals surface area contributed by atoms with E-state index in [1.165, 1.54) is 0 Å². The molecule has 2 aliphatic rings. The molecular weight excluding hydrogens is 324 g/mol. The monoisotopic (exact) mass is 338 g/mol. The van der Waals surface area contributed by atoms with Crippen molar-refractivity contribution >= 4 is 29.6 Å². The first-order valence-corrected chi connectivity index (χ1v) is 8.59. The Bertz CT molecular complexity index is 797. The van der Waals surface area contributed by atoms with Gasteiger partial charge in [-0.2, -0.15) is 0 Å². The van der Waals surface area contributed by atoms with Crippen molar-refractivity contribution < 1.29 is 14.4 Å². The average Bonchev–Trinajstić information content (AvgIpc) is 2.72. The lowest BCUT2D eigenvalue weighted by molar-refractivity contribution is -0.136. The number of barbiturate groups is 1. The smallest absolute Gasteiger partial charge is 0.277 e. The number of hydrogen-bond donors (Lipinski definition) is 2. The maximum Gasteiger partial charge on any atom is 0.328 e. The van der Waals surface area contributed by atoms with E-state index in [1.807, 2.05) is 48.5 Å². The zero-order valence-electron chi connectivity index (χ0n) is 12.6. The van der Waals surface area contributed by atoms with Crippen molar-refractivity contribution in [3.63, 3.8) is 0 Å². The van der Waals surface area contributed by atoms with Gasteiger partial charge in [-0.3, -0.25) is 20.2 Å². The molecule has 2 aromatic carbocycles. The average molecular weight is 338 g/mol. The van der Waals surface area contributed by atoms with Gasteiger partial charge in [-0.25, -0.2) is 4.79 Å². The Hall–Kier alpha value is -2.60. The van der Waals surface area contributed by atoms with Gasteiger partial charge in [-0.1, -0.05) is 42.5 Å². The predicted molar refractivity (Wildman–Crippen MR) is 89.5 cm³/mol. The highest BCUT2D eigenvalue weighted by molar-refractivity contribution is 7.98. The number of carbonyl (C=O) groups is 3. The van der Waals surface area contributed by atoms with Gasteiger partial charge in [0, 0.05) is 16.6 Å². The number of carbonyl (C=O) groups excluding carboxylic acids is 3. The molecule has 1 fully saturated rings. The minimum absolute atomic E-state index is 0.416. The van der Waals surface area contributed by atoms with E-state index >= 15 is 0 Å². The Kier molecular flexibility index (Phi) is 3.61. The highest BCUT2D eigenvalue weighted by Gasteiger charge is 2.43. The van der Waals surface area contributed by atoms with Crippen LogP contribution in [0.15, 0.2) is 53.4 Å². The first-order valence-electron chi connectivity index (χ1n) is 7.60. The lowest BCUT2D eigenvalue weighted by Gasteiger charge is -2.29. The molecule has 0 saturated carbocycles. The largest absolute Gasteiger partial charge is 0.328 e. The number of amides is 4. The van der Waals surface area contributed by atoms with E-state index in [0.29, 0.717) is 0 Å². The van der Waals surface area contributed by atoms with Crippen molar-refractivity contribution in [2.75, 3.05) is 0 Å². The van der Waals surface area contributed by atoms with Gasteiger partial charge in [-0.05, 0) is 22.8 Å². The second kappa shape index (κ2) is 5.79. The quantitative estimate of drug-likeness (QED) is 0.783. The van der Waals surface area contributed by atoms with Gasteiger partial charge < -0.3 is 0 Å². The summed E-state index contributed by atoms with van der Waals surface area (Å²) in [7, 11) is 0. The Morgan fingerprint density at radius 2 is 1.42 bits per heavy atom. The van der Waals surface area contributed by atoms with E-state index in [2.05, 4.69) is 10.6 Å². The molecule has 0 radical (unpaired) electrons. The molecule has 2 heterocycles. The molecule has 0 aromatic heterocycles. The maximum absolute atomic E-state index is 12.4. The normalized spacial score (nSPS) is 20.5. The van der Waals surface area contributed by atoms with Crippen LogP contribution in [0.3, 0.4) is 0 Å². The zero-order valence-corrected chi connectivity index (χ0v) is 13.4. The van der Waals surface area contributed by atoms with Crippen molar-refractivity contribution in [2.45, 2.75) is 16.6 Å². The van der Waals surface area contributed by atoms with E-state index in [0.717, 1.165) is 27.3 Å².